The van der Waals surface area contributed by atoms with Crippen molar-refractivity contribution < 1.29 is 17.6 Å². The first-order chi connectivity index (χ1) is 9.95. The molecule has 0 radical (unpaired) electrons. The van der Waals surface area contributed by atoms with Crippen molar-refractivity contribution in [3.05, 3.63) is 52.1 Å². The third kappa shape index (κ3) is 3.65. The lowest BCUT2D eigenvalue weighted by atomic mass is 9.97. The molecule has 0 amide bonds. The second-order valence-corrected chi connectivity index (χ2v) is 5.22. The summed E-state index contributed by atoms with van der Waals surface area (Å²) in [6.07, 6.45) is 0.196. The fourth-order valence-corrected chi connectivity index (χ4v) is 2.55. The summed E-state index contributed by atoms with van der Waals surface area (Å²) < 4.78 is 45.1. The smallest absolute Gasteiger partial charge is 0.416 e. The van der Waals surface area contributed by atoms with Crippen molar-refractivity contribution in [2.75, 3.05) is 6.54 Å². The molecule has 0 aliphatic rings. The zero-order valence-electron chi connectivity index (χ0n) is 11.2. The average Bonchev–Trinajstić information content (AvgIpc) is 2.85. The third-order valence-electron chi connectivity index (χ3n) is 3.02. The molecule has 2 heterocycles. The summed E-state index contributed by atoms with van der Waals surface area (Å²) in [4.78, 5) is 3.84. The first kappa shape index (κ1) is 16.0. The predicted octanol–water partition coefficient (Wildman–Crippen LogP) is 4.54. The topological polar surface area (TPSA) is 38.1 Å². The Hall–Kier alpha value is -1.34. The highest BCUT2D eigenvalue weighted by atomic mass is 79.9. The van der Waals surface area contributed by atoms with Crippen molar-refractivity contribution in [1.82, 2.24) is 10.3 Å². The first-order valence-corrected chi connectivity index (χ1v) is 7.21. The highest BCUT2D eigenvalue weighted by Gasteiger charge is 2.36. The van der Waals surface area contributed by atoms with Gasteiger partial charge in [0.05, 0.1) is 17.9 Å². The number of nitrogens with zero attached hydrogens (tertiary/aromatic N) is 1. The van der Waals surface area contributed by atoms with Crippen molar-refractivity contribution >= 4 is 15.9 Å². The molecule has 0 bridgehead atoms. The summed E-state index contributed by atoms with van der Waals surface area (Å²) in [5.74, 6) is 0. The highest BCUT2D eigenvalue weighted by Crippen LogP contribution is 2.37. The van der Waals surface area contributed by atoms with Crippen LogP contribution in [-0.4, -0.2) is 11.5 Å². The highest BCUT2D eigenvalue weighted by molar-refractivity contribution is 9.10. The molecule has 0 spiro atoms. The lowest BCUT2D eigenvalue weighted by Gasteiger charge is -2.22. The van der Waals surface area contributed by atoms with Gasteiger partial charge in [-0.15, -0.1) is 0 Å². The number of pyridine rings is 1. The van der Waals surface area contributed by atoms with E-state index < -0.39 is 17.8 Å². The maximum atomic E-state index is 13.2. The van der Waals surface area contributed by atoms with Crippen molar-refractivity contribution in [1.29, 1.82) is 0 Å². The number of halogens is 4. The van der Waals surface area contributed by atoms with Gasteiger partial charge in [0, 0.05) is 23.5 Å². The van der Waals surface area contributed by atoms with Crippen LogP contribution in [0, 0.1) is 0 Å². The minimum atomic E-state index is -4.43. The lowest BCUT2D eigenvalue weighted by Crippen LogP contribution is -2.26. The van der Waals surface area contributed by atoms with Gasteiger partial charge < -0.3 is 9.73 Å². The summed E-state index contributed by atoms with van der Waals surface area (Å²) in [5, 5.41) is 3.11. The standard InChI is InChI=1S/C14H14BrF3N2O/c1-2-5-20-12(9-4-7-21-13(9)15)10-8-19-6-3-11(10)14(16,17)18/h3-4,6-8,12,20H,2,5H2,1H3. The number of hydrogen-bond donors (Lipinski definition) is 1. The van der Waals surface area contributed by atoms with Gasteiger partial charge in [0.25, 0.3) is 0 Å². The number of aromatic nitrogens is 1. The quantitative estimate of drug-likeness (QED) is 0.847. The lowest BCUT2D eigenvalue weighted by molar-refractivity contribution is -0.138. The van der Waals surface area contributed by atoms with E-state index in [4.69, 9.17) is 4.42 Å². The Kier molecular flexibility index (Phi) is 5.05. The van der Waals surface area contributed by atoms with Gasteiger partial charge in [0.2, 0.25) is 0 Å². The zero-order chi connectivity index (χ0) is 15.5. The van der Waals surface area contributed by atoms with Crippen molar-refractivity contribution in [3.63, 3.8) is 0 Å². The third-order valence-corrected chi connectivity index (χ3v) is 3.67. The van der Waals surface area contributed by atoms with E-state index in [1.54, 1.807) is 6.07 Å². The van der Waals surface area contributed by atoms with Gasteiger partial charge in [0.1, 0.15) is 0 Å². The molecule has 0 fully saturated rings. The number of nitrogens with one attached hydrogen (secondary N) is 1. The maximum Gasteiger partial charge on any atom is 0.416 e. The van der Waals surface area contributed by atoms with Crippen molar-refractivity contribution in [2.24, 2.45) is 0 Å². The van der Waals surface area contributed by atoms with Gasteiger partial charge in [-0.05, 0) is 41.0 Å². The number of furan rings is 1. The van der Waals surface area contributed by atoms with Gasteiger partial charge in [0.15, 0.2) is 4.67 Å². The van der Waals surface area contributed by atoms with Crippen molar-refractivity contribution in [3.8, 4) is 0 Å². The van der Waals surface area contributed by atoms with Gasteiger partial charge >= 0.3 is 6.18 Å². The first-order valence-electron chi connectivity index (χ1n) is 6.42. The maximum absolute atomic E-state index is 13.2. The largest absolute Gasteiger partial charge is 0.457 e. The predicted molar refractivity (Wildman–Crippen MR) is 75.8 cm³/mol. The van der Waals surface area contributed by atoms with Crippen LogP contribution in [0.15, 0.2) is 39.9 Å². The zero-order valence-corrected chi connectivity index (χ0v) is 12.8. The van der Waals surface area contributed by atoms with E-state index in [2.05, 4.69) is 26.2 Å². The van der Waals surface area contributed by atoms with Gasteiger partial charge in [-0.3, -0.25) is 4.98 Å². The van der Waals surface area contributed by atoms with Crippen LogP contribution in [0.25, 0.3) is 0 Å². The van der Waals surface area contributed by atoms with E-state index in [1.165, 1.54) is 12.5 Å². The Balaban J connectivity index is 2.50. The van der Waals surface area contributed by atoms with E-state index >= 15 is 0 Å². The molecular weight excluding hydrogens is 349 g/mol. The number of rotatable bonds is 5. The Labute approximate surface area is 128 Å². The summed E-state index contributed by atoms with van der Waals surface area (Å²) in [7, 11) is 0. The SMILES string of the molecule is CCCNC(c1cnccc1C(F)(F)F)c1ccoc1Br. The van der Waals surface area contributed by atoms with Crippen LogP contribution in [0.4, 0.5) is 13.2 Å². The second-order valence-electron chi connectivity index (χ2n) is 4.50. The monoisotopic (exact) mass is 362 g/mol. The Morgan fingerprint density at radius 1 is 1.33 bits per heavy atom. The van der Waals surface area contributed by atoms with E-state index in [-0.39, 0.29) is 5.56 Å². The van der Waals surface area contributed by atoms with Gasteiger partial charge in [-0.1, -0.05) is 6.92 Å². The normalized spacial score (nSPS) is 13.4. The van der Waals surface area contributed by atoms with Gasteiger partial charge in [-0.25, -0.2) is 0 Å². The fraction of sp³-hybridized carbons (Fsp3) is 0.357. The van der Waals surface area contributed by atoms with Gasteiger partial charge in [-0.2, -0.15) is 13.2 Å². The molecule has 114 valence electrons. The van der Waals surface area contributed by atoms with Crippen LogP contribution in [0.2, 0.25) is 0 Å². The molecule has 21 heavy (non-hydrogen) atoms. The molecule has 1 atom stereocenters. The molecule has 3 nitrogen and oxygen atoms in total. The van der Waals surface area contributed by atoms with Crippen LogP contribution in [0.5, 0.6) is 0 Å². The molecule has 1 N–H and O–H groups in total. The minimum absolute atomic E-state index is 0.0838. The van der Waals surface area contributed by atoms with Crippen LogP contribution in [-0.2, 0) is 6.18 Å². The summed E-state index contributed by atoms with van der Waals surface area (Å²) >= 11 is 3.22. The number of alkyl halides is 3. The summed E-state index contributed by atoms with van der Waals surface area (Å²) in [5.41, 5.74) is 0.00158. The molecule has 0 aromatic carbocycles. The number of hydrogen-bond acceptors (Lipinski definition) is 3. The molecule has 1 unspecified atom stereocenters. The molecule has 2 aromatic rings. The molecule has 0 saturated carbocycles. The molecule has 7 heteroatoms. The van der Waals surface area contributed by atoms with Crippen LogP contribution >= 0.6 is 15.9 Å². The molecule has 2 aromatic heterocycles. The average molecular weight is 363 g/mol. The Morgan fingerprint density at radius 2 is 2.10 bits per heavy atom. The van der Waals surface area contributed by atoms with Crippen molar-refractivity contribution in [2.45, 2.75) is 25.6 Å². The van der Waals surface area contributed by atoms with E-state index in [0.717, 1.165) is 18.7 Å². The van der Waals surface area contributed by atoms with Crippen LogP contribution in [0.3, 0.4) is 0 Å². The summed E-state index contributed by atoms with van der Waals surface area (Å²) in [6, 6.07) is 2.00. The minimum Gasteiger partial charge on any atom is -0.457 e. The van der Waals surface area contributed by atoms with E-state index in [9.17, 15) is 13.2 Å². The second kappa shape index (κ2) is 6.62. The fourth-order valence-electron chi connectivity index (χ4n) is 2.08. The molecular formula is C14H14BrF3N2O. The Bertz CT molecular complexity index is 598. The molecule has 0 saturated heterocycles. The molecule has 0 aliphatic heterocycles. The Morgan fingerprint density at radius 3 is 2.67 bits per heavy atom. The van der Waals surface area contributed by atoms with Crippen LogP contribution < -0.4 is 5.32 Å². The van der Waals surface area contributed by atoms with E-state index in [1.807, 2.05) is 6.92 Å². The van der Waals surface area contributed by atoms with E-state index in [0.29, 0.717) is 16.8 Å². The molecule has 0 aliphatic carbocycles. The molecule has 2 rings (SSSR count). The summed E-state index contributed by atoms with van der Waals surface area (Å²) in [6.45, 7) is 2.52. The van der Waals surface area contributed by atoms with Crippen LogP contribution in [0.1, 0.15) is 36.1 Å².